The number of aromatic nitrogens is 2. The topological polar surface area (TPSA) is 38.1 Å². The Bertz CT molecular complexity index is 684. The largest absolute Gasteiger partial charge is 0.338 e. The average Bonchev–Trinajstić information content (AvgIpc) is 2.96. The summed E-state index contributed by atoms with van der Waals surface area (Å²) >= 11 is 1.68. The summed E-state index contributed by atoms with van der Waals surface area (Å²) in [6.07, 6.45) is 3.75. The monoisotopic (exact) mass is 359 g/mol. The molecule has 1 heterocycles. The molecule has 1 aromatic carbocycles. The first-order valence-corrected chi connectivity index (χ1v) is 9.83. The molecular formula is C20H29N3OS. The van der Waals surface area contributed by atoms with Crippen LogP contribution < -0.4 is 0 Å². The van der Waals surface area contributed by atoms with Gasteiger partial charge >= 0.3 is 0 Å². The van der Waals surface area contributed by atoms with Crippen LogP contribution in [0.15, 0.2) is 41.8 Å². The lowest BCUT2D eigenvalue weighted by atomic mass is 10.1. The highest BCUT2D eigenvalue weighted by atomic mass is 32.2. The van der Waals surface area contributed by atoms with Crippen LogP contribution >= 0.6 is 11.8 Å². The van der Waals surface area contributed by atoms with Crippen molar-refractivity contribution in [1.29, 1.82) is 0 Å². The SMILES string of the molecule is CC(C)CN(CC(C)C)C(=O)c1cccc(CSc2nccn2C)c1. The predicted molar refractivity (Wildman–Crippen MR) is 105 cm³/mol. The quantitative estimate of drug-likeness (QED) is 0.653. The first-order chi connectivity index (χ1) is 11.9. The van der Waals surface area contributed by atoms with Crippen LogP contribution in [0.25, 0.3) is 0 Å². The Hall–Kier alpha value is -1.75. The van der Waals surface area contributed by atoms with Crippen molar-refractivity contribution >= 4 is 17.7 Å². The highest BCUT2D eigenvalue weighted by molar-refractivity contribution is 7.98. The van der Waals surface area contributed by atoms with E-state index in [-0.39, 0.29) is 5.91 Å². The number of thioether (sulfide) groups is 1. The summed E-state index contributed by atoms with van der Waals surface area (Å²) in [5, 5.41) is 0.984. The number of carbonyl (C=O) groups excluding carboxylic acids is 1. The van der Waals surface area contributed by atoms with Crippen molar-refractivity contribution in [2.45, 2.75) is 38.6 Å². The molecule has 136 valence electrons. The maximum Gasteiger partial charge on any atom is 0.253 e. The molecule has 1 aromatic heterocycles. The Morgan fingerprint density at radius 2 is 1.88 bits per heavy atom. The molecule has 0 fully saturated rings. The maximum absolute atomic E-state index is 13.0. The van der Waals surface area contributed by atoms with Crippen LogP contribution in [0.1, 0.15) is 43.6 Å². The summed E-state index contributed by atoms with van der Waals surface area (Å²) in [6, 6.07) is 7.99. The van der Waals surface area contributed by atoms with Crippen LogP contribution in [-0.4, -0.2) is 33.4 Å². The van der Waals surface area contributed by atoms with Gasteiger partial charge in [-0.3, -0.25) is 4.79 Å². The third-order valence-electron chi connectivity index (χ3n) is 3.78. The second-order valence-corrected chi connectivity index (χ2v) is 8.25. The third kappa shape index (κ3) is 5.92. The van der Waals surface area contributed by atoms with Gasteiger partial charge in [0.2, 0.25) is 0 Å². The van der Waals surface area contributed by atoms with Crippen LogP contribution in [0.4, 0.5) is 0 Å². The first-order valence-electron chi connectivity index (χ1n) is 8.85. The van der Waals surface area contributed by atoms with Crippen LogP contribution in [0, 0.1) is 11.8 Å². The second-order valence-electron chi connectivity index (χ2n) is 7.31. The zero-order chi connectivity index (χ0) is 18.4. The summed E-state index contributed by atoms with van der Waals surface area (Å²) < 4.78 is 2.01. The zero-order valence-electron chi connectivity index (χ0n) is 15.9. The summed E-state index contributed by atoms with van der Waals surface area (Å²) in [6.45, 7) is 10.2. The van der Waals surface area contributed by atoms with Gasteiger partial charge in [0.05, 0.1) is 0 Å². The molecular weight excluding hydrogens is 330 g/mol. The van der Waals surface area contributed by atoms with Gasteiger partial charge in [0.15, 0.2) is 5.16 Å². The van der Waals surface area contributed by atoms with Gasteiger partial charge in [0.1, 0.15) is 0 Å². The molecule has 0 aliphatic carbocycles. The molecule has 0 radical (unpaired) electrons. The molecule has 0 aliphatic rings. The van der Waals surface area contributed by atoms with Crippen molar-refractivity contribution in [2.24, 2.45) is 18.9 Å². The molecule has 0 spiro atoms. The van der Waals surface area contributed by atoms with Crippen molar-refractivity contribution in [1.82, 2.24) is 14.5 Å². The Kier molecular flexibility index (Phi) is 7.12. The highest BCUT2D eigenvalue weighted by Gasteiger charge is 2.18. The first kappa shape index (κ1) is 19.6. The molecule has 0 saturated heterocycles. The van der Waals surface area contributed by atoms with Crippen LogP contribution in [0.2, 0.25) is 0 Å². The molecule has 2 aromatic rings. The van der Waals surface area contributed by atoms with Crippen molar-refractivity contribution in [3.8, 4) is 0 Å². The lowest BCUT2D eigenvalue weighted by molar-refractivity contribution is 0.0715. The van der Waals surface area contributed by atoms with Crippen molar-refractivity contribution in [3.05, 3.63) is 47.8 Å². The molecule has 5 heteroatoms. The lowest BCUT2D eigenvalue weighted by Crippen LogP contribution is -2.37. The van der Waals surface area contributed by atoms with E-state index in [2.05, 4.69) is 38.7 Å². The van der Waals surface area contributed by atoms with E-state index in [4.69, 9.17) is 0 Å². The van der Waals surface area contributed by atoms with E-state index in [1.54, 1.807) is 18.0 Å². The summed E-state index contributed by atoms with van der Waals surface area (Å²) in [7, 11) is 1.99. The van der Waals surface area contributed by atoms with Gasteiger partial charge in [-0.1, -0.05) is 51.6 Å². The van der Waals surface area contributed by atoms with E-state index < -0.39 is 0 Å². The molecule has 2 rings (SSSR count). The number of benzene rings is 1. The smallest absolute Gasteiger partial charge is 0.253 e. The molecule has 0 bridgehead atoms. The molecule has 0 N–H and O–H groups in total. The van der Waals surface area contributed by atoms with E-state index >= 15 is 0 Å². The summed E-state index contributed by atoms with van der Waals surface area (Å²) in [4.78, 5) is 19.3. The zero-order valence-corrected chi connectivity index (χ0v) is 16.7. The molecule has 1 amide bonds. The lowest BCUT2D eigenvalue weighted by Gasteiger charge is -2.26. The summed E-state index contributed by atoms with van der Waals surface area (Å²) in [5.74, 6) is 1.86. The minimum Gasteiger partial charge on any atom is -0.338 e. The number of carbonyl (C=O) groups is 1. The van der Waals surface area contributed by atoms with Gasteiger partial charge in [0, 0.05) is 43.8 Å². The standard InChI is InChI=1S/C20H29N3OS/c1-15(2)12-23(13-16(3)4)19(24)18-8-6-7-17(11-18)14-25-20-21-9-10-22(20)5/h6-11,15-16H,12-14H2,1-5H3. The predicted octanol–water partition coefficient (Wildman–Crippen LogP) is 4.47. The van der Waals surface area contributed by atoms with Crippen LogP contribution in [0.3, 0.4) is 0 Å². The van der Waals surface area contributed by atoms with Gasteiger partial charge in [-0.25, -0.2) is 4.98 Å². The van der Waals surface area contributed by atoms with E-state index in [1.807, 2.05) is 40.9 Å². The molecule has 0 aliphatic heterocycles. The highest BCUT2D eigenvalue weighted by Crippen LogP contribution is 2.21. The van der Waals surface area contributed by atoms with E-state index in [0.717, 1.165) is 35.1 Å². The van der Waals surface area contributed by atoms with Crippen molar-refractivity contribution in [2.75, 3.05) is 13.1 Å². The van der Waals surface area contributed by atoms with Gasteiger partial charge in [0.25, 0.3) is 5.91 Å². The Labute approximate surface area is 155 Å². The summed E-state index contributed by atoms with van der Waals surface area (Å²) in [5.41, 5.74) is 1.92. The minimum absolute atomic E-state index is 0.131. The van der Waals surface area contributed by atoms with Crippen LogP contribution in [-0.2, 0) is 12.8 Å². The number of nitrogens with zero attached hydrogens (tertiary/aromatic N) is 3. The van der Waals surface area contributed by atoms with Gasteiger partial charge in [-0.2, -0.15) is 0 Å². The van der Waals surface area contributed by atoms with E-state index in [0.29, 0.717) is 11.8 Å². The van der Waals surface area contributed by atoms with E-state index in [1.165, 1.54) is 0 Å². The van der Waals surface area contributed by atoms with Crippen molar-refractivity contribution in [3.63, 3.8) is 0 Å². The Morgan fingerprint density at radius 3 is 2.44 bits per heavy atom. The molecule has 0 saturated carbocycles. The fourth-order valence-electron chi connectivity index (χ4n) is 2.74. The molecule has 4 nitrogen and oxygen atoms in total. The normalized spacial score (nSPS) is 11.3. The number of aryl methyl sites for hydroxylation is 1. The Morgan fingerprint density at radius 1 is 1.20 bits per heavy atom. The van der Waals surface area contributed by atoms with Gasteiger partial charge in [-0.15, -0.1) is 0 Å². The fraction of sp³-hybridized carbons (Fsp3) is 0.500. The molecule has 0 unspecified atom stereocenters. The number of hydrogen-bond donors (Lipinski definition) is 0. The maximum atomic E-state index is 13.0. The minimum atomic E-state index is 0.131. The second kappa shape index (κ2) is 9.09. The molecule has 0 atom stereocenters. The number of hydrogen-bond acceptors (Lipinski definition) is 3. The van der Waals surface area contributed by atoms with Crippen molar-refractivity contribution < 1.29 is 4.79 Å². The number of amides is 1. The molecule has 25 heavy (non-hydrogen) atoms. The van der Waals surface area contributed by atoms with Gasteiger partial charge < -0.3 is 9.47 Å². The number of rotatable bonds is 8. The fourth-order valence-corrected chi connectivity index (χ4v) is 3.61. The Balaban J connectivity index is 2.09. The van der Waals surface area contributed by atoms with Crippen LogP contribution in [0.5, 0.6) is 0 Å². The average molecular weight is 360 g/mol. The van der Waals surface area contributed by atoms with E-state index in [9.17, 15) is 4.79 Å². The number of imidazole rings is 1. The van der Waals surface area contributed by atoms with Gasteiger partial charge in [-0.05, 0) is 29.5 Å². The third-order valence-corrected chi connectivity index (χ3v) is 4.91.